The van der Waals surface area contributed by atoms with Gasteiger partial charge in [-0.25, -0.2) is 9.37 Å². The Morgan fingerprint density at radius 3 is 2.44 bits per heavy atom. The molecule has 1 N–H and O–H groups in total. The Balaban J connectivity index is 1.86. The minimum atomic E-state index is -4.44. The van der Waals surface area contributed by atoms with Gasteiger partial charge in [0.25, 0.3) is 0 Å². The largest absolute Gasteiger partial charge is 0.468 e. The predicted molar refractivity (Wildman–Crippen MR) is 83.8 cm³/mol. The Kier molecular flexibility index (Phi) is 5.95. The van der Waals surface area contributed by atoms with Crippen LogP contribution in [-0.2, 0) is 4.79 Å². The van der Waals surface area contributed by atoms with Gasteiger partial charge in [-0.1, -0.05) is 19.1 Å². The maximum atomic E-state index is 12.9. The van der Waals surface area contributed by atoms with E-state index in [1.807, 2.05) is 6.92 Å². The van der Waals surface area contributed by atoms with Crippen molar-refractivity contribution in [2.45, 2.75) is 25.4 Å². The van der Waals surface area contributed by atoms with Crippen molar-refractivity contribution in [3.63, 3.8) is 0 Å². The van der Waals surface area contributed by atoms with Crippen LogP contribution in [0.1, 0.15) is 24.8 Å². The van der Waals surface area contributed by atoms with Crippen molar-refractivity contribution in [2.24, 2.45) is 0 Å². The average Bonchev–Trinajstić information content (AvgIpc) is 2.54. The molecule has 0 radical (unpaired) electrons. The minimum absolute atomic E-state index is 0.122. The van der Waals surface area contributed by atoms with Crippen LogP contribution < -0.4 is 10.1 Å². The number of hydrogen-bond donors (Lipinski definition) is 1. The molecule has 0 saturated carbocycles. The topological polar surface area (TPSA) is 51.2 Å². The molecule has 1 aromatic heterocycles. The Morgan fingerprint density at radius 2 is 1.88 bits per heavy atom. The number of ether oxygens (including phenoxy) is 1. The zero-order valence-electron chi connectivity index (χ0n) is 13.3. The molecule has 0 bridgehead atoms. The van der Waals surface area contributed by atoms with Gasteiger partial charge in [0.05, 0.1) is 11.9 Å². The van der Waals surface area contributed by atoms with E-state index in [1.54, 1.807) is 12.1 Å². The number of nitrogens with one attached hydrogen (secondary N) is 1. The minimum Gasteiger partial charge on any atom is -0.468 e. The summed E-state index contributed by atoms with van der Waals surface area (Å²) >= 11 is 0. The van der Waals surface area contributed by atoms with Crippen LogP contribution in [0.3, 0.4) is 0 Å². The summed E-state index contributed by atoms with van der Waals surface area (Å²) in [5, 5.41) is 2.60. The quantitative estimate of drug-likeness (QED) is 0.786. The van der Waals surface area contributed by atoms with E-state index in [-0.39, 0.29) is 29.9 Å². The first-order valence-electron chi connectivity index (χ1n) is 7.44. The summed E-state index contributed by atoms with van der Waals surface area (Å²) < 4.78 is 53.5. The van der Waals surface area contributed by atoms with E-state index in [4.69, 9.17) is 0 Å². The molecule has 8 heteroatoms. The van der Waals surface area contributed by atoms with Crippen LogP contribution >= 0.6 is 0 Å². The lowest BCUT2D eigenvalue weighted by Crippen LogP contribution is -2.19. The van der Waals surface area contributed by atoms with E-state index in [0.29, 0.717) is 5.69 Å². The van der Waals surface area contributed by atoms with Crippen molar-refractivity contribution in [3.05, 3.63) is 54.0 Å². The first-order valence-corrected chi connectivity index (χ1v) is 7.44. The second-order valence-corrected chi connectivity index (χ2v) is 5.49. The average molecular weight is 356 g/mol. The number of nitrogens with zero attached hydrogens (tertiary/aromatic N) is 1. The zero-order valence-corrected chi connectivity index (χ0v) is 13.3. The summed E-state index contributed by atoms with van der Waals surface area (Å²) in [7, 11) is 0. The molecule has 0 aliphatic heterocycles. The summed E-state index contributed by atoms with van der Waals surface area (Å²) in [5.74, 6) is -0.945. The molecule has 0 aliphatic rings. The van der Waals surface area contributed by atoms with Crippen LogP contribution in [0.5, 0.6) is 5.88 Å². The zero-order chi connectivity index (χ0) is 18.4. The number of benzene rings is 1. The molecule has 1 heterocycles. The number of anilines is 1. The predicted octanol–water partition coefficient (Wildman–Crippen LogP) is 4.29. The smallest absolute Gasteiger partial charge is 0.422 e. The normalized spacial score (nSPS) is 12.5. The Bertz CT molecular complexity index is 700. The number of carbonyl (C=O) groups excluding carboxylic acids is 1. The van der Waals surface area contributed by atoms with E-state index < -0.39 is 12.8 Å². The van der Waals surface area contributed by atoms with Gasteiger partial charge in [0, 0.05) is 12.5 Å². The van der Waals surface area contributed by atoms with E-state index in [9.17, 15) is 22.4 Å². The van der Waals surface area contributed by atoms with E-state index >= 15 is 0 Å². The van der Waals surface area contributed by atoms with Gasteiger partial charge in [0.2, 0.25) is 11.8 Å². The molecule has 1 atom stereocenters. The first kappa shape index (κ1) is 18.7. The summed E-state index contributed by atoms with van der Waals surface area (Å²) in [5.41, 5.74) is 1.17. The highest BCUT2D eigenvalue weighted by Gasteiger charge is 2.28. The lowest BCUT2D eigenvalue weighted by atomic mass is 9.97. The van der Waals surface area contributed by atoms with Crippen LogP contribution in [0.2, 0.25) is 0 Å². The monoisotopic (exact) mass is 356 g/mol. The fraction of sp³-hybridized carbons (Fsp3) is 0.294. The van der Waals surface area contributed by atoms with Crippen molar-refractivity contribution >= 4 is 11.6 Å². The van der Waals surface area contributed by atoms with Crippen molar-refractivity contribution in [2.75, 3.05) is 11.9 Å². The Morgan fingerprint density at radius 1 is 1.20 bits per heavy atom. The maximum Gasteiger partial charge on any atom is 0.422 e. The highest BCUT2D eigenvalue weighted by Crippen LogP contribution is 2.21. The maximum absolute atomic E-state index is 12.9. The number of halogens is 4. The second-order valence-electron chi connectivity index (χ2n) is 5.49. The third-order valence-electron chi connectivity index (χ3n) is 3.33. The van der Waals surface area contributed by atoms with Gasteiger partial charge in [-0.05, 0) is 29.7 Å². The lowest BCUT2D eigenvalue weighted by molar-refractivity contribution is -0.154. The molecule has 0 spiro atoms. The Labute approximate surface area is 141 Å². The third kappa shape index (κ3) is 6.40. The SMILES string of the molecule is CC(CC(=O)Nc1ccc(OCC(F)(F)F)nc1)c1ccc(F)cc1. The standard InChI is InChI=1S/C17H16F4N2O2/c1-11(12-2-4-13(18)5-3-12)8-15(24)23-14-6-7-16(22-9-14)25-10-17(19,20)21/h2-7,9,11H,8,10H2,1H3,(H,23,24). The summed E-state index contributed by atoms with van der Waals surface area (Å²) in [6.45, 7) is 0.403. The van der Waals surface area contributed by atoms with E-state index in [2.05, 4.69) is 15.0 Å². The Hall–Kier alpha value is -2.64. The number of pyridine rings is 1. The van der Waals surface area contributed by atoms with E-state index in [1.165, 1.54) is 30.5 Å². The molecule has 0 fully saturated rings. The number of amides is 1. The number of hydrogen-bond acceptors (Lipinski definition) is 3. The molecular formula is C17H16F4N2O2. The number of alkyl halides is 3. The first-order chi connectivity index (χ1) is 11.7. The number of rotatable bonds is 6. The van der Waals surface area contributed by atoms with Crippen LogP contribution in [0.15, 0.2) is 42.6 Å². The van der Waals surface area contributed by atoms with Gasteiger partial charge >= 0.3 is 6.18 Å². The van der Waals surface area contributed by atoms with Crippen LogP contribution in [-0.4, -0.2) is 23.7 Å². The van der Waals surface area contributed by atoms with Crippen molar-refractivity contribution in [1.82, 2.24) is 4.98 Å². The second kappa shape index (κ2) is 7.96. The molecule has 0 saturated heterocycles. The van der Waals surface area contributed by atoms with E-state index in [0.717, 1.165) is 5.56 Å². The number of aromatic nitrogens is 1. The van der Waals surface area contributed by atoms with Gasteiger partial charge in [-0.15, -0.1) is 0 Å². The molecule has 2 aromatic rings. The molecule has 1 unspecified atom stereocenters. The fourth-order valence-corrected chi connectivity index (χ4v) is 2.09. The van der Waals surface area contributed by atoms with Crippen molar-refractivity contribution in [3.8, 4) is 5.88 Å². The van der Waals surface area contributed by atoms with Crippen LogP contribution in [0, 0.1) is 5.82 Å². The van der Waals surface area contributed by atoms with Crippen molar-refractivity contribution < 1.29 is 27.1 Å². The molecule has 2 rings (SSSR count). The summed E-state index contributed by atoms with van der Waals surface area (Å²) in [4.78, 5) is 15.7. The third-order valence-corrected chi connectivity index (χ3v) is 3.33. The highest BCUT2D eigenvalue weighted by molar-refractivity contribution is 5.91. The van der Waals surface area contributed by atoms with Crippen LogP contribution in [0.25, 0.3) is 0 Å². The van der Waals surface area contributed by atoms with Crippen molar-refractivity contribution in [1.29, 1.82) is 0 Å². The van der Waals surface area contributed by atoms with Gasteiger partial charge < -0.3 is 10.1 Å². The van der Waals surface area contributed by atoms with Gasteiger partial charge in [0.15, 0.2) is 6.61 Å². The number of carbonyl (C=O) groups is 1. The van der Waals surface area contributed by atoms with Gasteiger partial charge in [0.1, 0.15) is 5.82 Å². The summed E-state index contributed by atoms with van der Waals surface area (Å²) in [6, 6.07) is 8.52. The highest BCUT2D eigenvalue weighted by atomic mass is 19.4. The summed E-state index contributed by atoms with van der Waals surface area (Å²) in [6.07, 6.45) is -3.06. The molecule has 4 nitrogen and oxygen atoms in total. The molecule has 0 aliphatic carbocycles. The molecule has 1 amide bonds. The molecule has 1 aromatic carbocycles. The molecule has 25 heavy (non-hydrogen) atoms. The molecular weight excluding hydrogens is 340 g/mol. The van der Waals surface area contributed by atoms with Crippen LogP contribution in [0.4, 0.5) is 23.2 Å². The fourth-order valence-electron chi connectivity index (χ4n) is 2.09. The molecule has 134 valence electrons. The van der Waals surface area contributed by atoms with Gasteiger partial charge in [-0.3, -0.25) is 4.79 Å². The lowest BCUT2D eigenvalue weighted by Gasteiger charge is -2.12. The van der Waals surface area contributed by atoms with Gasteiger partial charge in [-0.2, -0.15) is 13.2 Å².